The molecule has 0 bridgehead atoms. The first-order valence-corrected chi connectivity index (χ1v) is 6.08. The number of aliphatic hydroxyl groups excluding tert-OH is 2. The van der Waals surface area contributed by atoms with Crippen molar-refractivity contribution in [2.24, 2.45) is 0 Å². The van der Waals surface area contributed by atoms with E-state index in [-0.39, 0.29) is 6.61 Å². The maximum absolute atomic E-state index is 9.42. The highest BCUT2D eigenvalue weighted by atomic mass is 16.3. The van der Waals surface area contributed by atoms with E-state index in [9.17, 15) is 5.11 Å². The molecule has 0 amide bonds. The molecule has 0 fully saturated rings. The molecular formula is C13H24O2. The first-order chi connectivity index (χ1) is 7.31. The van der Waals surface area contributed by atoms with Gasteiger partial charge in [-0.1, -0.05) is 32.1 Å². The summed E-state index contributed by atoms with van der Waals surface area (Å²) in [5, 5.41) is 18.0. The molecule has 2 nitrogen and oxygen atoms in total. The third kappa shape index (κ3) is 11.4. The molecule has 2 N–H and O–H groups in total. The minimum atomic E-state index is -0.497. The Morgan fingerprint density at radius 2 is 1.87 bits per heavy atom. The summed E-state index contributed by atoms with van der Waals surface area (Å²) in [7, 11) is 0. The van der Waals surface area contributed by atoms with Crippen LogP contribution < -0.4 is 0 Å². The minimum absolute atomic E-state index is 0.206. The summed E-state index contributed by atoms with van der Waals surface area (Å²) in [6.07, 6.45) is 7.60. The normalized spacial score (nSPS) is 11.9. The van der Waals surface area contributed by atoms with Crippen LogP contribution in [0.1, 0.15) is 58.3 Å². The maximum Gasteiger partial charge on any atom is 0.114 e. The third-order valence-electron chi connectivity index (χ3n) is 2.31. The van der Waals surface area contributed by atoms with Crippen LogP contribution in [0.4, 0.5) is 0 Å². The zero-order valence-electron chi connectivity index (χ0n) is 9.84. The predicted octanol–water partition coefficient (Wildman–Crippen LogP) is 2.48. The predicted molar refractivity (Wildman–Crippen MR) is 63.5 cm³/mol. The van der Waals surface area contributed by atoms with Crippen LogP contribution in [0.15, 0.2) is 0 Å². The number of hydrogen-bond acceptors (Lipinski definition) is 2. The van der Waals surface area contributed by atoms with Crippen LogP contribution in [0.2, 0.25) is 0 Å². The number of hydrogen-bond donors (Lipinski definition) is 2. The molecule has 88 valence electrons. The minimum Gasteiger partial charge on any atom is -0.396 e. The molecule has 2 heteroatoms. The average molecular weight is 212 g/mol. The van der Waals surface area contributed by atoms with E-state index in [0.29, 0.717) is 6.42 Å². The molecule has 1 unspecified atom stereocenters. The monoisotopic (exact) mass is 212 g/mol. The molecule has 0 radical (unpaired) electrons. The highest BCUT2D eigenvalue weighted by molar-refractivity contribution is 5.04. The van der Waals surface area contributed by atoms with Gasteiger partial charge in [0.05, 0.1) is 0 Å². The Balaban J connectivity index is 3.32. The van der Waals surface area contributed by atoms with Crippen LogP contribution in [0, 0.1) is 11.8 Å². The van der Waals surface area contributed by atoms with Gasteiger partial charge >= 0.3 is 0 Å². The fourth-order valence-corrected chi connectivity index (χ4v) is 1.35. The van der Waals surface area contributed by atoms with Gasteiger partial charge in [0.1, 0.15) is 6.10 Å². The first kappa shape index (κ1) is 14.5. The summed E-state index contributed by atoms with van der Waals surface area (Å²) in [4.78, 5) is 0. The van der Waals surface area contributed by atoms with Gasteiger partial charge in [-0.25, -0.2) is 0 Å². The van der Waals surface area contributed by atoms with Crippen LogP contribution in [0.25, 0.3) is 0 Å². The molecule has 0 spiro atoms. The molecule has 0 heterocycles. The summed E-state index contributed by atoms with van der Waals surface area (Å²) >= 11 is 0. The van der Waals surface area contributed by atoms with Crippen LogP contribution in [-0.4, -0.2) is 22.9 Å². The Morgan fingerprint density at radius 1 is 1.07 bits per heavy atom. The Morgan fingerprint density at radius 3 is 2.53 bits per heavy atom. The van der Waals surface area contributed by atoms with E-state index >= 15 is 0 Å². The molecule has 0 aliphatic carbocycles. The largest absolute Gasteiger partial charge is 0.396 e. The van der Waals surface area contributed by atoms with Crippen LogP contribution in [0.5, 0.6) is 0 Å². The molecule has 0 rings (SSSR count). The van der Waals surface area contributed by atoms with Crippen molar-refractivity contribution in [1.82, 2.24) is 0 Å². The van der Waals surface area contributed by atoms with Gasteiger partial charge in [-0.15, -0.1) is 5.92 Å². The summed E-state index contributed by atoms with van der Waals surface area (Å²) in [5.74, 6) is 5.85. The van der Waals surface area contributed by atoms with Crippen molar-refractivity contribution in [3.05, 3.63) is 0 Å². The van der Waals surface area contributed by atoms with Crippen LogP contribution in [0.3, 0.4) is 0 Å². The van der Waals surface area contributed by atoms with Gasteiger partial charge in [0.15, 0.2) is 0 Å². The second kappa shape index (κ2) is 11.6. The Hall–Kier alpha value is -0.520. The van der Waals surface area contributed by atoms with Crippen molar-refractivity contribution in [2.45, 2.75) is 64.4 Å². The highest BCUT2D eigenvalue weighted by Crippen LogP contribution is 2.02. The molecule has 0 aromatic rings. The third-order valence-corrected chi connectivity index (χ3v) is 2.31. The summed E-state index contributed by atoms with van der Waals surface area (Å²) < 4.78 is 0. The smallest absolute Gasteiger partial charge is 0.114 e. The fourth-order valence-electron chi connectivity index (χ4n) is 1.35. The Kier molecular flexibility index (Phi) is 11.2. The van der Waals surface area contributed by atoms with E-state index in [0.717, 1.165) is 25.7 Å². The average Bonchev–Trinajstić information content (AvgIpc) is 2.23. The standard InChI is InChI=1S/C13H24O2/c1-2-3-4-5-6-7-10-13(15)11-8-9-12-14/h13-15H,2-6,8-9,11-12H2,1H3. The topological polar surface area (TPSA) is 40.5 Å². The maximum atomic E-state index is 9.42. The number of unbranched alkanes of at least 4 members (excludes halogenated alkanes) is 5. The SMILES string of the molecule is CCCCCCC#CC(O)CCCCO. The van der Waals surface area contributed by atoms with Crippen LogP contribution >= 0.6 is 0 Å². The Bertz CT molecular complexity index is 179. The van der Waals surface area contributed by atoms with Gasteiger partial charge < -0.3 is 10.2 Å². The molecule has 0 aliphatic heterocycles. The van der Waals surface area contributed by atoms with Gasteiger partial charge in [0, 0.05) is 13.0 Å². The van der Waals surface area contributed by atoms with E-state index in [4.69, 9.17) is 5.11 Å². The molecule has 15 heavy (non-hydrogen) atoms. The lowest BCUT2D eigenvalue weighted by Crippen LogP contribution is -2.02. The van der Waals surface area contributed by atoms with Crippen molar-refractivity contribution < 1.29 is 10.2 Å². The van der Waals surface area contributed by atoms with E-state index < -0.39 is 6.10 Å². The lowest BCUT2D eigenvalue weighted by molar-refractivity contribution is 0.209. The number of aliphatic hydroxyl groups is 2. The van der Waals surface area contributed by atoms with Crippen molar-refractivity contribution in [2.75, 3.05) is 6.61 Å². The van der Waals surface area contributed by atoms with Gasteiger partial charge in [0.2, 0.25) is 0 Å². The first-order valence-electron chi connectivity index (χ1n) is 6.08. The quantitative estimate of drug-likeness (QED) is 0.479. The van der Waals surface area contributed by atoms with Crippen molar-refractivity contribution in [3.63, 3.8) is 0 Å². The molecule has 0 aliphatic rings. The molecule has 0 aromatic carbocycles. The highest BCUT2D eigenvalue weighted by Gasteiger charge is 1.97. The fraction of sp³-hybridized carbons (Fsp3) is 0.846. The lowest BCUT2D eigenvalue weighted by atomic mass is 10.1. The van der Waals surface area contributed by atoms with Crippen LogP contribution in [-0.2, 0) is 0 Å². The van der Waals surface area contributed by atoms with Crippen molar-refractivity contribution in [3.8, 4) is 11.8 Å². The lowest BCUT2D eigenvalue weighted by Gasteiger charge is -2.00. The molecule has 0 saturated carbocycles. The molecule has 0 saturated heterocycles. The van der Waals surface area contributed by atoms with E-state index in [1.165, 1.54) is 19.3 Å². The number of rotatable bonds is 8. The second-order valence-electron chi connectivity index (χ2n) is 3.87. The molecule has 0 aromatic heterocycles. The zero-order valence-corrected chi connectivity index (χ0v) is 9.84. The van der Waals surface area contributed by atoms with E-state index in [1.54, 1.807) is 0 Å². The van der Waals surface area contributed by atoms with Gasteiger partial charge in [-0.05, 0) is 25.7 Å². The zero-order chi connectivity index (χ0) is 11.4. The second-order valence-corrected chi connectivity index (χ2v) is 3.87. The summed E-state index contributed by atoms with van der Waals surface area (Å²) in [5.41, 5.74) is 0. The summed E-state index contributed by atoms with van der Waals surface area (Å²) in [6, 6.07) is 0. The van der Waals surface area contributed by atoms with E-state index in [1.807, 2.05) is 0 Å². The van der Waals surface area contributed by atoms with Gasteiger partial charge in [-0.3, -0.25) is 0 Å². The summed E-state index contributed by atoms with van der Waals surface area (Å²) in [6.45, 7) is 2.40. The van der Waals surface area contributed by atoms with Gasteiger partial charge in [0.25, 0.3) is 0 Å². The molecular weight excluding hydrogens is 188 g/mol. The van der Waals surface area contributed by atoms with Crippen molar-refractivity contribution in [1.29, 1.82) is 0 Å². The van der Waals surface area contributed by atoms with Crippen molar-refractivity contribution >= 4 is 0 Å². The van der Waals surface area contributed by atoms with E-state index in [2.05, 4.69) is 18.8 Å². The van der Waals surface area contributed by atoms with Gasteiger partial charge in [-0.2, -0.15) is 0 Å². The Labute approximate surface area is 93.7 Å². The molecule has 1 atom stereocenters.